The standard InChI is InChI=1S/C48H32N2O/c1-4-14-33(15-5-1)43-32-46-44(39-20-10-12-22-45(39)50(46)36-18-8-3-9-19-36)31-42(43)34-24-26-37(27-25-34)49(35-16-6-2-7-17-35)38-28-29-41-40-21-11-13-23-47(40)51-48(41)30-38/h1-32H. The van der Waals surface area contributed by atoms with E-state index < -0.39 is 0 Å². The highest BCUT2D eigenvalue weighted by molar-refractivity contribution is 6.12. The maximum absolute atomic E-state index is 6.31. The molecule has 0 N–H and O–H groups in total. The molecule has 0 unspecified atom stereocenters. The molecule has 0 aliphatic heterocycles. The molecule has 0 saturated carbocycles. The summed E-state index contributed by atoms with van der Waals surface area (Å²) in [5.74, 6) is 0. The lowest BCUT2D eigenvalue weighted by molar-refractivity contribution is 0.669. The molecular formula is C48H32N2O. The Balaban J connectivity index is 1.15. The van der Waals surface area contributed by atoms with E-state index in [0.29, 0.717) is 0 Å². The second kappa shape index (κ2) is 11.9. The molecular weight excluding hydrogens is 621 g/mol. The molecule has 2 aromatic heterocycles. The minimum Gasteiger partial charge on any atom is -0.456 e. The molecule has 240 valence electrons. The quantitative estimate of drug-likeness (QED) is 0.178. The SMILES string of the molecule is c1ccc(-c2cc3c(cc2-c2ccc(N(c4ccccc4)c4ccc5c(c4)oc4ccccc45)cc2)c2ccccc2n3-c2ccccc2)cc1. The van der Waals surface area contributed by atoms with Crippen LogP contribution < -0.4 is 4.90 Å². The topological polar surface area (TPSA) is 21.3 Å². The van der Waals surface area contributed by atoms with Crippen LogP contribution in [-0.2, 0) is 0 Å². The van der Waals surface area contributed by atoms with Crippen LogP contribution in [0.5, 0.6) is 0 Å². The van der Waals surface area contributed by atoms with Gasteiger partial charge in [-0.05, 0) is 95.1 Å². The van der Waals surface area contributed by atoms with Crippen molar-refractivity contribution < 1.29 is 4.42 Å². The molecule has 0 amide bonds. The average molecular weight is 653 g/mol. The number of hydrogen-bond acceptors (Lipinski definition) is 2. The number of hydrogen-bond donors (Lipinski definition) is 0. The first kappa shape index (κ1) is 29.1. The van der Waals surface area contributed by atoms with Crippen LogP contribution in [-0.4, -0.2) is 4.57 Å². The molecule has 0 bridgehead atoms. The Labute approximate surface area is 295 Å². The summed E-state index contributed by atoms with van der Waals surface area (Å²) >= 11 is 0. The summed E-state index contributed by atoms with van der Waals surface area (Å²) < 4.78 is 8.70. The van der Waals surface area contributed by atoms with Crippen molar-refractivity contribution >= 4 is 60.8 Å². The van der Waals surface area contributed by atoms with E-state index in [1.165, 1.54) is 38.5 Å². The number of nitrogens with zero attached hydrogens (tertiary/aromatic N) is 2. The van der Waals surface area contributed by atoms with Gasteiger partial charge in [-0.3, -0.25) is 0 Å². The Bertz CT molecular complexity index is 2830. The normalized spacial score (nSPS) is 11.5. The lowest BCUT2D eigenvalue weighted by Gasteiger charge is -2.25. The first-order chi connectivity index (χ1) is 25.3. The summed E-state index contributed by atoms with van der Waals surface area (Å²) in [6.07, 6.45) is 0. The maximum Gasteiger partial charge on any atom is 0.137 e. The molecule has 10 aromatic rings. The van der Waals surface area contributed by atoms with Gasteiger partial charge >= 0.3 is 0 Å². The van der Waals surface area contributed by atoms with Gasteiger partial charge in [0.2, 0.25) is 0 Å². The Morgan fingerprint density at radius 2 is 0.922 bits per heavy atom. The Morgan fingerprint density at radius 1 is 0.353 bits per heavy atom. The fraction of sp³-hybridized carbons (Fsp3) is 0. The van der Waals surface area contributed by atoms with Crippen LogP contribution in [0.3, 0.4) is 0 Å². The number of para-hydroxylation sites is 4. The number of furan rings is 1. The summed E-state index contributed by atoms with van der Waals surface area (Å²) in [5.41, 5.74) is 13.3. The fourth-order valence-electron chi connectivity index (χ4n) is 7.63. The van der Waals surface area contributed by atoms with Gasteiger partial charge in [-0.1, -0.05) is 115 Å². The van der Waals surface area contributed by atoms with Crippen LogP contribution in [0, 0.1) is 0 Å². The predicted octanol–water partition coefficient (Wildman–Crippen LogP) is 13.5. The number of benzene rings is 8. The second-order valence-electron chi connectivity index (χ2n) is 13.0. The summed E-state index contributed by atoms with van der Waals surface area (Å²) in [7, 11) is 0. The van der Waals surface area contributed by atoms with E-state index >= 15 is 0 Å². The van der Waals surface area contributed by atoms with Crippen LogP contribution in [0.15, 0.2) is 199 Å². The van der Waals surface area contributed by atoms with Crippen LogP contribution in [0.2, 0.25) is 0 Å². The lowest BCUT2D eigenvalue weighted by Crippen LogP contribution is -2.09. The highest BCUT2D eigenvalue weighted by Gasteiger charge is 2.19. The molecule has 0 aliphatic carbocycles. The molecule has 3 heteroatoms. The molecule has 2 heterocycles. The van der Waals surface area contributed by atoms with Gasteiger partial charge in [-0.25, -0.2) is 0 Å². The average Bonchev–Trinajstić information content (AvgIpc) is 3.74. The van der Waals surface area contributed by atoms with E-state index in [1.54, 1.807) is 0 Å². The number of aromatic nitrogens is 1. The number of fused-ring (bicyclic) bond motifs is 6. The molecule has 0 spiro atoms. The van der Waals surface area contributed by atoms with Gasteiger partial charge in [-0.2, -0.15) is 0 Å². The predicted molar refractivity (Wildman–Crippen MR) is 214 cm³/mol. The summed E-state index contributed by atoms with van der Waals surface area (Å²) in [5, 5.41) is 4.73. The first-order valence-corrected chi connectivity index (χ1v) is 17.4. The highest BCUT2D eigenvalue weighted by Crippen LogP contribution is 2.43. The van der Waals surface area contributed by atoms with E-state index in [2.05, 4.69) is 191 Å². The van der Waals surface area contributed by atoms with Crippen LogP contribution >= 0.6 is 0 Å². The number of anilines is 3. The molecule has 0 saturated heterocycles. The molecule has 0 aliphatic rings. The Hall–Kier alpha value is -6.84. The Morgan fingerprint density at radius 3 is 1.71 bits per heavy atom. The summed E-state index contributed by atoms with van der Waals surface area (Å²) in [6.45, 7) is 0. The van der Waals surface area contributed by atoms with Crippen molar-refractivity contribution in [1.82, 2.24) is 4.57 Å². The van der Waals surface area contributed by atoms with Gasteiger partial charge < -0.3 is 13.9 Å². The van der Waals surface area contributed by atoms with E-state index in [-0.39, 0.29) is 0 Å². The summed E-state index contributed by atoms with van der Waals surface area (Å²) in [6, 6.07) is 69.2. The molecule has 3 nitrogen and oxygen atoms in total. The zero-order valence-corrected chi connectivity index (χ0v) is 27.8. The fourth-order valence-corrected chi connectivity index (χ4v) is 7.63. The number of rotatable bonds is 6. The van der Waals surface area contributed by atoms with E-state index in [9.17, 15) is 0 Å². The highest BCUT2D eigenvalue weighted by atomic mass is 16.3. The van der Waals surface area contributed by atoms with Gasteiger partial charge in [0.15, 0.2) is 0 Å². The van der Waals surface area contributed by atoms with Gasteiger partial charge in [0.1, 0.15) is 11.2 Å². The third-order valence-corrected chi connectivity index (χ3v) is 9.98. The third kappa shape index (κ3) is 4.90. The van der Waals surface area contributed by atoms with Gasteiger partial charge in [0.05, 0.1) is 11.0 Å². The van der Waals surface area contributed by atoms with Crippen molar-refractivity contribution in [3.63, 3.8) is 0 Å². The molecule has 0 atom stereocenters. The van der Waals surface area contributed by atoms with Crippen molar-refractivity contribution in [2.24, 2.45) is 0 Å². The second-order valence-corrected chi connectivity index (χ2v) is 13.0. The van der Waals surface area contributed by atoms with Crippen LogP contribution in [0.25, 0.3) is 71.7 Å². The van der Waals surface area contributed by atoms with Crippen molar-refractivity contribution in [2.45, 2.75) is 0 Å². The molecule has 0 fully saturated rings. The molecule has 10 rings (SSSR count). The van der Waals surface area contributed by atoms with Crippen molar-refractivity contribution in [3.05, 3.63) is 194 Å². The van der Waals surface area contributed by atoms with Crippen molar-refractivity contribution in [3.8, 4) is 27.9 Å². The third-order valence-electron chi connectivity index (χ3n) is 9.98. The van der Waals surface area contributed by atoms with Gasteiger partial charge in [0, 0.05) is 50.4 Å². The monoisotopic (exact) mass is 652 g/mol. The zero-order valence-electron chi connectivity index (χ0n) is 27.8. The lowest BCUT2D eigenvalue weighted by atomic mass is 9.92. The first-order valence-electron chi connectivity index (χ1n) is 17.4. The van der Waals surface area contributed by atoms with Gasteiger partial charge in [0.25, 0.3) is 0 Å². The molecule has 0 radical (unpaired) electrons. The van der Waals surface area contributed by atoms with Crippen LogP contribution in [0.1, 0.15) is 0 Å². The maximum atomic E-state index is 6.31. The Kier molecular flexibility index (Phi) is 6.81. The molecule has 8 aromatic carbocycles. The zero-order chi connectivity index (χ0) is 33.7. The molecule has 51 heavy (non-hydrogen) atoms. The van der Waals surface area contributed by atoms with E-state index in [0.717, 1.165) is 50.3 Å². The van der Waals surface area contributed by atoms with E-state index in [4.69, 9.17) is 4.42 Å². The summed E-state index contributed by atoms with van der Waals surface area (Å²) in [4.78, 5) is 2.30. The van der Waals surface area contributed by atoms with Gasteiger partial charge in [-0.15, -0.1) is 0 Å². The smallest absolute Gasteiger partial charge is 0.137 e. The minimum atomic E-state index is 0.877. The minimum absolute atomic E-state index is 0.877. The van der Waals surface area contributed by atoms with Crippen LogP contribution in [0.4, 0.5) is 17.1 Å². The van der Waals surface area contributed by atoms with E-state index in [1.807, 2.05) is 12.1 Å². The largest absolute Gasteiger partial charge is 0.456 e. The van der Waals surface area contributed by atoms with Crippen molar-refractivity contribution in [1.29, 1.82) is 0 Å². The van der Waals surface area contributed by atoms with Crippen molar-refractivity contribution in [2.75, 3.05) is 4.90 Å².